The number of nitro benzene ring substituents is 1. The number of hydrogen-bond acceptors (Lipinski definition) is 4. The highest BCUT2D eigenvalue weighted by Crippen LogP contribution is 2.27. The number of anilines is 1. The predicted molar refractivity (Wildman–Crippen MR) is 73.9 cm³/mol. The minimum absolute atomic E-state index is 0.0166. The number of nitrogens with zero attached hydrogens (tertiary/aromatic N) is 3. The molecule has 0 aromatic heterocycles. The number of β-amino-alcohol motifs (C(OH)–C–C–N with tert-alkyl or cyclic N) is 1. The summed E-state index contributed by atoms with van der Waals surface area (Å²) in [5, 5.41) is 19.7. The lowest BCUT2D eigenvalue weighted by Gasteiger charge is -2.35. The molecule has 0 aliphatic carbocycles. The quantitative estimate of drug-likeness (QED) is 0.668. The maximum Gasteiger partial charge on any atom is 0.324 e. The Hall–Kier alpha value is -2.15. The summed E-state index contributed by atoms with van der Waals surface area (Å²) in [4.78, 5) is 25.8. The van der Waals surface area contributed by atoms with Crippen LogP contribution in [0.15, 0.2) is 18.2 Å². The van der Waals surface area contributed by atoms with Gasteiger partial charge in [-0.2, -0.15) is 0 Å². The van der Waals surface area contributed by atoms with Crippen LogP contribution in [0.1, 0.15) is 12.0 Å². The van der Waals surface area contributed by atoms with Gasteiger partial charge in [-0.3, -0.25) is 15.0 Å². The molecule has 0 bridgehead atoms. The number of amides is 2. The molecule has 1 heterocycles. The standard InChI is InChI=1S/C13H17N3O4/c1-10-9-11(16(19)20)3-4-12(10)15-6-2-5-14(7-8-17)13(15)18/h3-4,9,17H,2,5-8H2,1H3. The Morgan fingerprint density at radius 2 is 2.15 bits per heavy atom. The van der Waals surface area contributed by atoms with Gasteiger partial charge in [-0.1, -0.05) is 0 Å². The van der Waals surface area contributed by atoms with E-state index in [0.717, 1.165) is 6.42 Å². The molecule has 1 aromatic rings. The van der Waals surface area contributed by atoms with Gasteiger partial charge < -0.3 is 10.0 Å². The second-order valence-corrected chi connectivity index (χ2v) is 4.73. The number of hydrogen-bond donors (Lipinski definition) is 1. The summed E-state index contributed by atoms with van der Waals surface area (Å²) in [6.07, 6.45) is 0.808. The highest BCUT2D eigenvalue weighted by atomic mass is 16.6. The average molecular weight is 279 g/mol. The lowest BCUT2D eigenvalue weighted by Crippen LogP contribution is -2.50. The van der Waals surface area contributed by atoms with Crippen molar-refractivity contribution < 1.29 is 14.8 Å². The first kappa shape index (κ1) is 14.3. The highest BCUT2D eigenvalue weighted by molar-refractivity contribution is 5.93. The molecule has 0 unspecified atom stereocenters. The number of nitro groups is 1. The van der Waals surface area contributed by atoms with Crippen molar-refractivity contribution in [3.63, 3.8) is 0 Å². The van der Waals surface area contributed by atoms with Gasteiger partial charge in [0.2, 0.25) is 0 Å². The molecule has 1 aliphatic heterocycles. The SMILES string of the molecule is Cc1cc([N+](=O)[O-])ccc1N1CCCN(CCO)C1=O. The van der Waals surface area contributed by atoms with Gasteiger partial charge in [0.15, 0.2) is 0 Å². The number of rotatable bonds is 4. The minimum atomic E-state index is -0.452. The summed E-state index contributed by atoms with van der Waals surface area (Å²) >= 11 is 0. The maximum atomic E-state index is 12.3. The van der Waals surface area contributed by atoms with Crippen LogP contribution in [0.4, 0.5) is 16.2 Å². The lowest BCUT2D eigenvalue weighted by molar-refractivity contribution is -0.384. The molecule has 1 N–H and O–H groups in total. The number of carbonyl (C=O) groups is 1. The van der Waals surface area contributed by atoms with Crippen molar-refractivity contribution in [1.82, 2.24) is 4.90 Å². The average Bonchev–Trinajstić information content (AvgIpc) is 2.42. The van der Waals surface area contributed by atoms with Crippen LogP contribution in [0.3, 0.4) is 0 Å². The second kappa shape index (κ2) is 5.87. The van der Waals surface area contributed by atoms with Crippen molar-refractivity contribution >= 4 is 17.4 Å². The molecule has 0 saturated carbocycles. The fourth-order valence-electron chi connectivity index (χ4n) is 2.39. The lowest BCUT2D eigenvalue weighted by atomic mass is 10.1. The van der Waals surface area contributed by atoms with Crippen LogP contribution in [0.25, 0.3) is 0 Å². The molecule has 7 heteroatoms. The first-order valence-electron chi connectivity index (χ1n) is 6.47. The topological polar surface area (TPSA) is 86.9 Å². The molecule has 1 aliphatic rings. The van der Waals surface area contributed by atoms with Gasteiger partial charge in [0, 0.05) is 37.5 Å². The Kier molecular flexibility index (Phi) is 4.19. The van der Waals surface area contributed by atoms with E-state index in [1.165, 1.54) is 12.1 Å². The van der Waals surface area contributed by atoms with Gasteiger partial charge in [-0.05, 0) is 25.0 Å². The van der Waals surface area contributed by atoms with E-state index in [4.69, 9.17) is 5.11 Å². The van der Waals surface area contributed by atoms with Crippen LogP contribution in [0, 0.1) is 17.0 Å². The third-order valence-corrected chi connectivity index (χ3v) is 3.36. The molecule has 1 fully saturated rings. The van der Waals surface area contributed by atoms with Crippen LogP contribution < -0.4 is 4.90 Å². The van der Waals surface area contributed by atoms with Crippen LogP contribution in [-0.2, 0) is 0 Å². The van der Waals surface area contributed by atoms with Gasteiger partial charge in [0.25, 0.3) is 5.69 Å². The van der Waals surface area contributed by atoms with Gasteiger partial charge in [0.1, 0.15) is 0 Å². The molecule has 108 valence electrons. The van der Waals surface area contributed by atoms with Crippen LogP contribution in [-0.4, -0.2) is 47.2 Å². The molecule has 20 heavy (non-hydrogen) atoms. The molecular weight excluding hydrogens is 262 g/mol. The molecule has 1 saturated heterocycles. The first-order valence-corrected chi connectivity index (χ1v) is 6.47. The molecule has 1 aromatic carbocycles. The Bertz CT molecular complexity index is 530. The number of urea groups is 1. The van der Waals surface area contributed by atoms with Gasteiger partial charge in [-0.25, -0.2) is 4.79 Å². The molecule has 0 atom stereocenters. The van der Waals surface area contributed by atoms with Crippen molar-refractivity contribution in [1.29, 1.82) is 0 Å². The fraction of sp³-hybridized carbons (Fsp3) is 0.462. The largest absolute Gasteiger partial charge is 0.395 e. The Labute approximate surface area is 116 Å². The van der Waals surface area contributed by atoms with E-state index in [-0.39, 0.29) is 18.3 Å². The molecule has 0 spiro atoms. The van der Waals surface area contributed by atoms with E-state index in [0.29, 0.717) is 30.9 Å². The molecule has 2 amide bonds. The van der Waals surface area contributed by atoms with E-state index in [1.807, 2.05) is 0 Å². The number of aliphatic hydroxyl groups is 1. The maximum absolute atomic E-state index is 12.3. The first-order chi connectivity index (χ1) is 9.54. The fourth-order valence-corrected chi connectivity index (χ4v) is 2.39. The normalized spacial score (nSPS) is 15.6. The Morgan fingerprint density at radius 3 is 2.75 bits per heavy atom. The van der Waals surface area contributed by atoms with Crippen molar-refractivity contribution in [3.8, 4) is 0 Å². The van der Waals surface area contributed by atoms with Gasteiger partial charge >= 0.3 is 6.03 Å². The van der Waals surface area contributed by atoms with Gasteiger partial charge in [0.05, 0.1) is 11.5 Å². The monoisotopic (exact) mass is 279 g/mol. The van der Waals surface area contributed by atoms with E-state index in [1.54, 1.807) is 22.8 Å². The van der Waals surface area contributed by atoms with Crippen molar-refractivity contribution in [2.75, 3.05) is 31.1 Å². The summed E-state index contributed by atoms with van der Waals surface area (Å²) < 4.78 is 0. The summed E-state index contributed by atoms with van der Waals surface area (Å²) in [6, 6.07) is 4.31. The Morgan fingerprint density at radius 1 is 1.40 bits per heavy atom. The van der Waals surface area contributed by atoms with E-state index in [2.05, 4.69) is 0 Å². The summed E-state index contributed by atoms with van der Waals surface area (Å²) in [5.74, 6) is 0. The van der Waals surface area contributed by atoms with Crippen molar-refractivity contribution in [2.45, 2.75) is 13.3 Å². The summed E-state index contributed by atoms with van der Waals surface area (Å²) in [6.45, 7) is 3.20. The number of benzene rings is 1. The smallest absolute Gasteiger partial charge is 0.324 e. The van der Waals surface area contributed by atoms with Crippen LogP contribution >= 0.6 is 0 Å². The summed E-state index contributed by atoms with van der Waals surface area (Å²) in [7, 11) is 0. The second-order valence-electron chi connectivity index (χ2n) is 4.73. The minimum Gasteiger partial charge on any atom is -0.395 e. The van der Waals surface area contributed by atoms with E-state index in [9.17, 15) is 14.9 Å². The molecular formula is C13H17N3O4. The third-order valence-electron chi connectivity index (χ3n) is 3.36. The van der Waals surface area contributed by atoms with Gasteiger partial charge in [-0.15, -0.1) is 0 Å². The zero-order valence-corrected chi connectivity index (χ0v) is 11.3. The number of non-ortho nitro benzene ring substituents is 1. The molecule has 7 nitrogen and oxygen atoms in total. The van der Waals surface area contributed by atoms with Crippen molar-refractivity contribution in [2.24, 2.45) is 0 Å². The summed E-state index contributed by atoms with van der Waals surface area (Å²) in [5.41, 5.74) is 1.39. The van der Waals surface area contributed by atoms with Crippen molar-refractivity contribution in [3.05, 3.63) is 33.9 Å². The van der Waals surface area contributed by atoms with E-state index >= 15 is 0 Å². The third kappa shape index (κ3) is 2.72. The predicted octanol–water partition coefficient (Wildman–Crippen LogP) is 1.53. The zero-order chi connectivity index (χ0) is 14.7. The highest BCUT2D eigenvalue weighted by Gasteiger charge is 2.27. The number of carbonyl (C=O) groups excluding carboxylic acids is 1. The Balaban J connectivity index is 2.26. The van der Waals surface area contributed by atoms with E-state index < -0.39 is 4.92 Å². The van der Waals surface area contributed by atoms with Crippen LogP contribution in [0.5, 0.6) is 0 Å². The van der Waals surface area contributed by atoms with Crippen LogP contribution in [0.2, 0.25) is 0 Å². The molecule has 0 radical (unpaired) electrons. The zero-order valence-electron chi connectivity index (χ0n) is 11.3. The number of aliphatic hydroxyl groups excluding tert-OH is 1. The number of aryl methyl sites for hydroxylation is 1. The molecule has 2 rings (SSSR count).